The maximum absolute atomic E-state index is 5.47. The minimum absolute atomic E-state index is 0.665. The van der Waals surface area contributed by atoms with Crippen molar-refractivity contribution < 1.29 is 0 Å². The van der Waals surface area contributed by atoms with Gasteiger partial charge in [0.2, 0.25) is 5.95 Å². The van der Waals surface area contributed by atoms with Gasteiger partial charge in [-0.1, -0.05) is 121 Å². The molecule has 0 saturated heterocycles. The second-order valence-electron chi connectivity index (χ2n) is 14.2. The quantitative estimate of drug-likeness (QED) is 0.182. The molecule has 0 bridgehead atoms. The highest BCUT2D eigenvalue weighted by Gasteiger charge is 2.22. The van der Waals surface area contributed by atoms with Crippen LogP contribution in [0.15, 0.2) is 181 Å². The summed E-state index contributed by atoms with van der Waals surface area (Å²) < 4.78 is 5.87. The smallest absolute Gasteiger partial charge is 0.235 e. The maximum Gasteiger partial charge on any atom is 0.235 e. The first-order valence-corrected chi connectivity index (χ1v) is 19.5. The molecule has 12 aromatic rings. The van der Waals surface area contributed by atoms with Crippen LogP contribution in [0.25, 0.3) is 109 Å². The Morgan fingerprint density at radius 2 is 1.13 bits per heavy atom. The molecule has 0 aliphatic carbocycles. The van der Waals surface area contributed by atoms with Crippen LogP contribution in [0.1, 0.15) is 0 Å². The summed E-state index contributed by atoms with van der Waals surface area (Å²) in [5, 5.41) is 11.7. The van der Waals surface area contributed by atoms with Crippen molar-refractivity contribution in [1.82, 2.24) is 19.1 Å². The average molecular weight is 719 g/mol. The Bertz CT molecular complexity index is 3480. The standard InChI is InChI=1S/C50H30N4S/c1-3-13-32(14-4-1)48-47-40(25-22-33-28-29-55-49(33)47)51-50(52-48)54-42-26-24-34(30-39(42)46-36-17-8-7-12-31(36)23-27-44(46)54)37-19-11-21-43-45(37)38-18-9-10-20-41(38)53(43)35-15-5-2-6-16-35/h1-30H. The van der Waals surface area contributed by atoms with E-state index < -0.39 is 0 Å². The van der Waals surface area contributed by atoms with Crippen LogP contribution in [0, 0.1) is 0 Å². The van der Waals surface area contributed by atoms with Gasteiger partial charge in [0.05, 0.1) is 33.3 Å². The molecule has 0 amide bonds. The van der Waals surface area contributed by atoms with E-state index in [0.29, 0.717) is 5.95 Å². The van der Waals surface area contributed by atoms with E-state index in [1.165, 1.54) is 64.6 Å². The minimum Gasteiger partial charge on any atom is -0.309 e. The van der Waals surface area contributed by atoms with Gasteiger partial charge in [-0.05, 0) is 87.3 Å². The summed E-state index contributed by atoms with van der Waals surface area (Å²) in [6.45, 7) is 0. The number of rotatable bonds is 4. The van der Waals surface area contributed by atoms with Crippen LogP contribution >= 0.6 is 11.3 Å². The van der Waals surface area contributed by atoms with Crippen molar-refractivity contribution in [3.63, 3.8) is 0 Å². The Labute approximate surface area is 319 Å². The third kappa shape index (κ3) is 4.45. The largest absolute Gasteiger partial charge is 0.309 e. The molecule has 256 valence electrons. The number of thiophene rings is 1. The van der Waals surface area contributed by atoms with Crippen molar-refractivity contribution in [3.05, 3.63) is 181 Å². The number of nitrogens with zero attached hydrogens (tertiary/aromatic N) is 4. The fraction of sp³-hybridized carbons (Fsp3) is 0. The molecule has 0 spiro atoms. The summed E-state index contributed by atoms with van der Waals surface area (Å²) in [5.41, 5.74) is 11.0. The number of fused-ring (bicyclic) bond motifs is 11. The molecular weight excluding hydrogens is 689 g/mol. The molecule has 0 fully saturated rings. The van der Waals surface area contributed by atoms with E-state index in [0.717, 1.165) is 38.9 Å². The van der Waals surface area contributed by atoms with Gasteiger partial charge in [0, 0.05) is 42.9 Å². The van der Waals surface area contributed by atoms with Crippen LogP contribution in [-0.4, -0.2) is 19.1 Å². The van der Waals surface area contributed by atoms with E-state index in [1.807, 2.05) is 0 Å². The molecule has 4 nitrogen and oxygen atoms in total. The summed E-state index contributed by atoms with van der Waals surface area (Å²) in [6, 6.07) is 63.3. The maximum atomic E-state index is 5.47. The predicted molar refractivity (Wildman–Crippen MR) is 232 cm³/mol. The van der Waals surface area contributed by atoms with Crippen LogP contribution in [-0.2, 0) is 0 Å². The number of hydrogen-bond donors (Lipinski definition) is 0. The predicted octanol–water partition coefficient (Wildman–Crippen LogP) is 13.5. The van der Waals surface area contributed by atoms with Crippen LogP contribution in [0.4, 0.5) is 0 Å². The fourth-order valence-electron chi connectivity index (χ4n) is 8.83. The van der Waals surface area contributed by atoms with Crippen LogP contribution < -0.4 is 0 Å². The lowest BCUT2D eigenvalue weighted by Gasteiger charge is -2.13. The van der Waals surface area contributed by atoms with Crippen molar-refractivity contribution in [2.24, 2.45) is 0 Å². The first-order valence-electron chi connectivity index (χ1n) is 18.6. The van der Waals surface area contributed by atoms with Crippen molar-refractivity contribution in [3.8, 4) is 34.0 Å². The van der Waals surface area contributed by atoms with E-state index in [4.69, 9.17) is 9.97 Å². The summed E-state index contributed by atoms with van der Waals surface area (Å²) in [5.74, 6) is 0.665. The number of hydrogen-bond acceptors (Lipinski definition) is 3. The fourth-order valence-corrected chi connectivity index (χ4v) is 9.77. The van der Waals surface area contributed by atoms with Gasteiger partial charge >= 0.3 is 0 Å². The van der Waals surface area contributed by atoms with Crippen molar-refractivity contribution in [2.75, 3.05) is 0 Å². The highest BCUT2D eigenvalue weighted by Crippen LogP contribution is 2.43. The van der Waals surface area contributed by atoms with Gasteiger partial charge in [0.15, 0.2) is 0 Å². The van der Waals surface area contributed by atoms with Gasteiger partial charge in [0.1, 0.15) is 0 Å². The highest BCUT2D eigenvalue weighted by atomic mass is 32.1. The van der Waals surface area contributed by atoms with E-state index in [2.05, 4.69) is 190 Å². The zero-order chi connectivity index (χ0) is 36.0. The number of para-hydroxylation sites is 2. The van der Waals surface area contributed by atoms with Gasteiger partial charge in [-0.15, -0.1) is 11.3 Å². The summed E-state index contributed by atoms with van der Waals surface area (Å²) >= 11 is 1.75. The lowest BCUT2D eigenvalue weighted by Crippen LogP contribution is -2.03. The Balaban J connectivity index is 1.17. The molecular formula is C50H30N4S. The lowest BCUT2D eigenvalue weighted by atomic mass is 9.97. The molecule has 8 aromatic carbocycles. The molecule has 5 heteroatoms. The van der Waals surface area contributed by atoms with Gasteiger partial charge in [0.25, 0.3) is 0 Å². The van der Waals surface area contributed by atoms with Gasteiger partial charge in [-0.2, -0.15) is 0 Å². The third-order valence-corrected chi connectivity index (χ3v) is 12.1. The molecule has 0 radical (unpaired) electrons. The average Bonchev–Trinajstić information content (AvgIpc) is 3.96. The van der Waals surface area contributed by atoms with E-state index in [9.17, 15) is 0 Å². The monoisotopic (exact) mass is 718 g/mol. The second kappa shape index (κ2) is 11.7. The highest BCUT2D eigenvalue weighted by molar-refractivity contribution is 7.18. The van der Waals surface area contributed by atoms with Gasteiger partial charge in [-0.25, -0.2) is 9.97 Å². The third-order valence-electron chi connectivity index (χ3n) is 11.2. The van der Waals surface area contributed by atoms with E-state index >= 15 is 0 Å². The number of benzene rings is 8. The van der Waals surface area contributed by atoms with Crippen LogP contribution in [0.5, 0.6) is 0 Å². The topological polar surface area (TPSA) is 35.6 Å². The SMILES string of the molecule is c1ccc(-c2nc(-n3c4ccc(-c5cccc6c5c5ccccc5n6-c5ccccc5)cc4c4c5ccccc5ccc43)nc3ccc4ccsc4c23)cc1. The van der Waals surface area contributed by atoms with Gasteiger partial charge in [-0.3, -0.25) is 4.57 Å². The summed E-state index contributed by atoms with van der Waals surface area (Å²) in [4.78, 5) is 10.8. The molecule has 0 aliphatic heterocycles. The molecule has 12 rings (SSSR count). The summed E-state index contributed by atoms with van der Waals surface area (Å²) in [7, 11) is 0. The molecule has 0 atom stereocenters. The molecule has 55 heavy (non-hydrogen) atoms. The Morgan fingerprint density at radius 1 is 0.418 bits per heavy atom. The zero-order valence-electron chi connectivity index (χ0n) is 29.5. The van der Waals surface area contributed by atoms with Crippen LogP contribution in [0.3, 0.4) is 0 Å². The van der Waals surface area contributed by atoms with Gasteiger partial charge < -0.3 is 4.57 Å². The molecule has 0 N–H and O–H groups in total. The van der Waals surface area contributed by atoms with E-state index in [-0.39, 0.29) is 0 Å². The minimum atomic E-state index is 0.665. The Morgan fingerprint density at radius 3 is 2.02 bits per heavy atom. The molecule has 0 unspecified atom stereocenters. The number of aromatic nitrogens is 4. The molecule has 0 aliphatic rings. The zero-order valence-corrected chi connectivity index (χ0v) is 30.3. The first kappa shape index (κ1) is 30.4. The second-order valence-corrected chi connectivity index (χ2v) is 15.1. The molecule has 4 heterocycles. The lowest BCUT2D eigenvalue weighted by molar-refractivity contribution is 1.01. The summed E-state index contributed by atoms with van der Waals surface area (Å²) in [6.07, 6.45) is 0. The molecule has 0 saturated carbocycles. The first-order chi connectivity index (χ1) is 27.3. The normalized spacial score (nSPS) is 12.0. The van der Waals surface area contributed by atoms with E-state index in [1.54, 1.807) is 11.3 Å². The van der Waals surface area contributed by atoms with Crippen LogP contribution in [0.2, 0.25) is 0 Å². The van der Waals surface area contributed by atoms with Crippen molar-refractivity contribution in [2.45, 2.75) is 0 Å². The van der Waals surface area contributed by atoms with Crippen molar-refractivity contribution >= 4 is 86.7 Å². The van der Waals surface area contributed by atoms with Crippen molar-refractivity contribution in [1.29, 1.82) is 0 Å². The molecule has 4 aromatic heterocycles. The Hall–Kier alpha value is -7.08. The Kier molecular flexibility index (Phi) is 6.47.